The number of benzene rings is 1. The van der Waals surface area contributed by atoms with Gasteiger partial charge >= 0.3 is 0 Å². The molecule has 6 nitrogen and oxygen atoms in total. The van der Waals surface area contributed by atoms with E-state index in [0.29, 0.717) is 17.5 Å². The quantitative estimate of drug-likeness (QED) is 0.674. The first-order chi connectivity index (χ1) is 13.5. The van der Waals surface area contributed by atoms with Crippen LogP contribution < -0.4 is 15.8 Å². The topological polar surface area (TPSA) is 67.5 Å². The van der Waals surface area contributed by atoms with Crippen molar-refractivity contribution in [1.82, 2.24) is 4.57 Å². The maximum absolute atomic E-state index is 12.4. The molecule has 0 radical (unpaired) electrons. The summed E-state index contributed by atoms with van der Waals surface area (Å²) in [4.78, 5) is 26.5. The molecule has 2 aromatic heterocycles. The number of nitrogens with one attached hydrogen (secondary N) is 1. The first kappa shape index (κ1) is 19.5. The summed E-state index contributed by atoms with van der Waals surface area (Å²) < 4.78 is 7.13. The molecule has 3 rings (SSSR count). The van der Waals surface area contributed by atoms with Crippen molar-refractivity contribution in [2.24, 2.45) is 0 Å². The summed E-state index contributed by atoms with van der Waals surface area (Å²) in [6.07, 6.45) is 1.68. The van der Waals surface area contributed by atoms with Crippen molar-refractivity contribution in [3.05, 3.63) is 82.7 Å². The minimum atomic E-state index is -0.324. The predicted molar refractivity (Wildman–Crippen MR) is 111 cm³/mol. The van der Waals surface area contributed by atoms with E-state index in [1.54, 1.807) is 30.5 Å². The Morgan fingerprint density at radius 1 is 1.11 bits per heavy atom. The zero-order valence-corrected chi connectivity index (χ0v) is 16.4. The molecule has 0 saturated carbocycles. The van der Waals surface area contributed by atoms with E-state index in [-0.39, 0.29) is 23.8 Å². The summed E-state index contributed by atoms with van der Waals surface area (Å²) in [5.74, 6) is 0.431. The highest BCUT2D eigenvalue weighted by Crippen LogP contribution is 2.20. The lowest BCUT2D eigenvalue weighted by Gasteiger charge is -2.27. The van der Waals surface area contributed by atoms with Crippen molar-refractivity contribution in [3.8, 4) is 0 Å². The summed E-state index contributed by atoms with van der Waals surface area (Å²) in [5, 5.41) is 2.84. The number of nitrogens with zero attached hydrogens (tertiary/aromatic N) is 2. The SMILES string of the molecule is CCN(c1ccc(NC(=O)c2ccc(Cn3ccccc3=O)o2)cc1)C(C)C. The van der Waals surface area contributed by atoms with Crippen LogP contribution in [0.3, 0.4) is 0 Å². The number of hydrogen-bond acceptors (Lipinski definition) is 4. The predicted octanol–water partition coefficient (Wildman–Crippen LogP) is 3.98. The third-order valence-electron chi connectivity index (χ3n) is 4.53. The van der Waals surface area contributed by atoms with Crippen LogP contribution in [0.25, 0.3) is 0 Å². The van der Waals surface area contributed by atoms with E-state index in [0.717, 1.165) is 12.2 Å². The fourth-order valence-electron chi connectivity index (χ4n) is 3.12. The monoisotopic (exact) mass is 379 g/mol. The standard InChI is InChI=1S/C22H25N3O3/c1-4-25(16(2)3)18-10-8-17(9-11-18)23-22(27)20-13-12-19(28-20)15-24-14-6-5-7-21(24)26/h5-14,16H,4,15H2,1-3H3,(H,23,27). The van der Waals surface area contributed by atoms with Gasteiger partial charge < -0.3 is 19.2 Å². The van der Waals surface area contributed by atoms with E-state index >= 15 is 0 Å². The van der Waals surface area contributed by atoms with Crippen LogP contribution >= 0.6 is 0 Å². The van der Waals surface area contributed by atoms with Gasteiger partial charge in [-0.15, -0.1) is 0 Å². The van der Waals surface area contributed by atoms with E-state index in [1.165, 1.54) is 10.6 Å². The normalized spacial score (nSPS) is 10.9. The van der Waals surface area contributed by atoms with Gasteiger partial charge in [-0.3, -0.25) is 9.59 Å². The molecular weight excluding hydrogens is 354 g/mol. The highest BCUT2D eigenvalue weighted by atomic mass is 16.4. The fourth-order valence-corrected chi connectivity index (χ4v) is 3.12. The zero-order valence-electron chi connectivity index (χ0n) is 16.4. The Morgan fingerprint density at radius 3 is 2.50 bits per heavy atom. The molecule has 2 heterocycles. The number of furan rings is 1. The Hall–Kier alpha value is -3.28. The third-order valence-corrected chi connectivity index (χ3v) is 4.53. The molecule has 1 aromatic carbocycles. The molecule has 0 atom stereocenters. The van der Waals surface area contributed by atoms with Gasteiger partial charge in [0.2, 0.25) is 0 Å². The van der Waals surface area contributed by atoms with Crippen LogP contribution in [0.4, 0.5) is 11.4 Å². The smallest absolute Gasteiger partial charge is 0.291 e. The Kier molecular flexibility index (Phi) is 5.99. The van der Waals surface area contributed by atoms with E-state index < -0.39 is 0 Å². The molecule has 6 heteroatoms. The highest BCUT2D eigenvalue weighted by Gasteiger charge is 2.13. The molecule has 0 fully saturated rings. The van der Waals surface area contributed by atoms with Crippen LogP contribution in [0.5, 0.6) is 0 Å². The van der Waals surface area contributed by atoms with E-state index in [1.807, 2.05) is 24.3 Å². The highest BCUT2D eigenvalue weighted by molar-refractivity contribution is 6.02. The number of carbonyl (C=O) groups excluding carboxylic acids is 1. The van der Waals surface area contributed by atoms with Crippen molar-refractivity contribution in [2.75, 3.05) is 16.8 Å². The molecule has 0 aliphatic heterocycles. The first-order valence-corrected chi connectivity index (χ1v) is 9.40. The van der Waals surface area contributed by atoms with Gasteiger partial charge in [-0.25, -0.2) is 0 Å². The molecule has 0 unspecified atom stereocenters. The number of carbonyl (C=O) groups is 1. The number of pyridine rings is 1. The van der Waals surface area contributed by atoms with Gasteiger partial charge in [-0.05, 0) is 63.2 Å². The van der Waals surface area contributed by atoms with Gasteiger partial charge in [0.25, 0.3) is 11.5 Å². The van der Waals surface area contributed by atoms with Crippen LogP contribution in [-0.2, 0) is 6.54 Å². The molecule has 0 saturated heterocycles. The molecule has 3 aromatic rings. The van der Waals surface area contributed by atoms with Crippen LogP contribution in [0, 0.1) is 0 Å². The Bertz CT molecular complexity index is 987. The third kappa shape index (κ3) is 4.52. The lowest BCUT2D eigenvalue weighted by molar-refractivity contribution is 0.0994. The lowest BCUT2D eigenvalue weighted by Crippen LogP contribution is -2.30. The number of aromatic nitrogens is 1. The molecule has 146 valence electrons. The number of amides is 1. The van der Waals surface area contributed by atoms with Crippen molar-refractivity contribution in [3.63, 3.8) is 0 Å². The molecule has 1 N–H and O–H groups in total. The van der Waals surface area contributed by atoms with E-state index in [4.69, 9.17) is 4.42 Å². The average Bonchev–Trinajstić information content (AvgIpc) is 3.14. The zero-order chi connectivity index (χ0) is 20.1. The van der Waals surface area contributed by atoms with Crippen LogP contribution in [0.1, 0.15) is 37.1 Å². The first-order valence-electron chi connectivity index (χ1n) is 9.40. The summed E-state index contributed by atoms with van der Waals surface area (Å²) in [5.41, 5.74) is 1.70. The minimum absolute atomic E-state index is 0.118. The van der Waals surface area contributed by atoms with Gasteiger partial charge in [-0.1, -0.05) is 6.07 Å². The number of anilines is 2. The van der Waals surface area contributed by atoms with Crippen LogP contribution in [0.15, 0.2) is 70.0 Å². The minimum Gasteiger partial charge on any atom is -0.454 e. The van der Waals surface area contributed by atoms with Gasteiger partial charge in [0.15, 0.2) is 5.76 Å². The van der Waals surface area contributed by atoms with Crippen molar-refractivity contribution >= 4 is 17.3 Å². The number of rotatable bonds is 7. The lowest BCUT2D eigenvalue weighted by atomic mass is 10.2. The molecule has 0 spiro atoms. The maximum atomic E-state index is 12.4. The second-order valence-electron chi connectivity index (χ2n) is 6.81. The Labute approximate surface area is 164 Å². The van der Waals surface area contributed by atoms with Gasteiger partial charge in [0.05, 0.1) is 6.54 Å². The van der Waals surface area contributed by atoms with E-state index in [9.17, 15) is 9.59 Å². The van der Waals surface area contributed by atoms with Crippen molar-refractivity contribution in [2.45, 2.75) is 33.4 Å². The maximum Gasteiger partial charge on any atom is 0.291 e. The Balaban J connectivity index is 1.66. The van der Waals surface area contributed by atoms with Crippen molar-refractivity contribution in [1.29, 1.82) is 0 Å². The van der Waals surface area contributed by atoms with Crippen LogP contribution in [-0.4, -0.2) is 23.1 Å². The van der Waals surface area contributed by atoms with E-state index in [2.05, 4.69) is 31.0 Å². The summed E-state index contributed by atoms with van der Waals surface area (Å²) >= 11 is 0. The second kappa shape index (κ2) is 8.61. The fraction of sp³-hybridized carbons (Fsp3) is 0.273. The summed E-state index contributed by atoms with van der Waals surface area (Å²) in [6, 6.07) is 16.4. The second-order valence-corrected chi connectivity index (χ2v) is 6.81. The average molecular weight is 379 g/mol. The molecule has 0 aliphatic rings. The molecule has 0 bridgehead atoms. The van der Waals surface area contributed by atoms with Crippen molar-refractivity contribution < 1.29 is 9.21 Å². The van der Waals surface area contributed by atoms with Gasteiger partial charge in [0.1, 0.15) is 5.76 Å². The van der Waals surface area contributed by atoms with Gasteiger partial charge in [-0.2, -0.15) is 0 Å². The number of hydrogen-bond donors (Lipinski definition) is 1. The molecule has 28 heavy (non-hydrogen) atoms. The largest absolute Gasteiger partial charge is 0.454 e. The van der Waals surface area contributed by atoms with Gasteiger partial charge in [0, 0.05) is 36.2 Å². The molecular formula is C22H25N3O3. The summed E-state index contributed by atoms with van der Waals surface area (Å²) in [7, 11) is 0. The molecule has 1 amide bonds. The van der Waals surface area contributed by atoms with Crippen LogP contribution in [0.2, 0.25) is 0 Å². The molecule has 0 aliphatic carbocycles. The summed E-state index contributed by atoms with van der Waals surface area (Å²) in [6.45, 7) is 7.62. The Morgan fingerprint density at radius 2 is 1.86 bits per heavy atom.